The molecule has 0 unspecified atom stereocenters. The molecule has 0 atom stereocenters. The normalized spacial score (nSPS) is 11.9. The van der Waals surface area contributed by atoms with E-state index in [2.05, 4.69) is 9.72 Å². The second-order valence-electron chi connectivity index (χ2n) is 8.00. The predicted octanol–water partition coefficient (Wildman–Crippen LogP) is 5.67. The second kappa shape index (κ2) is 9.69. The van der Waals surface area contributed by atoms with Crippen LogP contribution >= 0.6 is 0 Å². The van der Waals surface area contributed by atoms with Crippen LogP contribution < -0.4 is 9.04 Å². The number of aromatic nitrogens is 1. The van der Waals surface area contributed by atoms with Gasteiger partial charge in [0.2, 0.25) is 0 Å². The maximum absolute atomic E-state index is 13.9. The zero-order chi connectivity index (χ0) is 27.0. The molecule has 0 radical (unpaired) electrons. The van der Waals surface area contributed by atoms with Gasteiger partial charge in [-0.15, -0.1) is 13.2 Å². The highest BCUT2D eigenvalue weighted by Gasteiger charge is 2.31. The molecule has 1 aromatic heterocycles. The number of alkyl halides is 3. The van der Waals surface area contributed by atoms with E-state index in [0.29, 0.717) is 16.5 Å². The number of hydrogen-bond acceptors (Lipinski definition) is 5. The molecular formula is C25H18F4N2O5S. The minimum Gasteiger partial charge on any atom is -0.478 e. The molecule has 0 aliphatic heterocycles. The smallest absolute Gasteiger partial charge is 0.478 e. The van der Waals surface area contributed by atoms with Crippen LogP contribution in [0.25, 0.3) is 10.9 Å². The van der Waals surface area contributed by atoms with Crippen molar-refractivity contribution < 1.29 is 40.6 Å². The number of aromatic carboxylic acids is 1. The summed E-state index contributed by atoms with van der Waals surface area (Å²) in [4.78, 5) is 15.3. The first-order chi connectivity index (χ1) is 17.3. The Morgan fingerprint density at radius 2 is 1.65 bits per heavy atom. The number of halogens is 4. The largest absolute Gasteiger partial charge is 0.573 e. The molecule has 0 aliphatic carbocycles. The third kappa shape index (κ3) is 5.80. The SMILES string of the molecule is Cc1cc2ccc(F)cc2nc1N(Cc1ccc(OC(F)(F)F)cc1)S(=O)(=O)c1ccc(C(=O)O)cc1. The first kappa shape index (κ1) is 25.9. The monoisotopic (exact) mass is 534 g/mol. The minimum absolute atomic E-state index is 0.0315. The molecule has 0 amide bonds. The summed E-state index contributed by atoms with van der Waals surface area (Å²) in [6.07, 6.45) is -4.89. The number of fused-ring (bicyclic) bond motifs is 1. The number of carboxylic acid groups (broad SMARTS) is 1. The van der Waals surface area contributed by atoms with Gasteiger partial charge in [0, 0.05) is 11.5 Å². The van der Waals surface area contributed by atoms with Crippen LogP contribution in [0.5, 0.6) is 5.75 Å². The second-order valence-corrected chi connectivity index (χ2v) is 9.86. The molecule has 12 heteroatoms. The highest BCUT2D eigenvalue weighted by molar-refractivity contribution is 7.92. The summed E-state index contributed by atoms with van der Waals surface area (Å²) >= 11 is 0. The summed E-state index contributed by atoms with van der Waals surface area (Å²) in [7, 11) is -4.36. The molecule has 192 valence electrons. The topological polar surface area (TPSA) is 96.8 Å². The van der Waals surface area contributed by atoms with Gasteiger partial charge in [-0.2, -0.15) is 0 Å². The lowest BCUT2D eigenvalue weighted by Gasteiger charge is -2.25. The highest BCUT2D eigenvalue weighted by atomic mass is 32.2. The van der Waals surface area contributed by atoms with E-state index in [1.54, 1.807) is 13.0 Å². The summed E-state index contributed by atoms with van der Waals surface area (Å²) in [5, 5.41) is 9.70. The van der Waals surface area contributed by atoms with Crippen molar-refractivity contribution in [3.63, 3.8) is 0 Å². The number of benzene rings is 3. The predicted molar refractivity (Wildman–Crippen MR) is 126 cm³/mol. The molecular weight excluding hydrogens is 516 g/mol. The number of carboxylic acids is 1. The van der Waals surface area contributed by atoms with Crippen LogP contribution in [-0.2, 0) is 16.6 Å². The molecule has 0 fully saturated rings. The van der Waals surface area contributed by atoms with Gasteiger partial charge in [-0.05, 0) is 72.6 Å². The van der Waals surface area contributed by atoms with E-state index in [1.807, 2.05) is 0 Å². The van der Waals surface area contributed by atoms with Crippen LogP contribution in [0.1, 0.15) is 21.5 Å². The maximum atomic E-state index is 13.9. The number of ether oxygens (including phenoxy) is 1. The van der Waals surface area contributed by atoms with Crippen molar-refractivity contribution in [2.45, 2.75) is 24.7 Å². The van der Waals surface area contributed by atoms with E-state index in [-0.39, 0.29) is 28.3 Å². The van der Waals surface area contributed by atoms with Crippen molar-refractivity contribution in [1.29, 1.82) is 0 Å². The van der Waals surface area contributed by atoms with Gasteiger partial charge in [0.15, 0.2) is 0 Å². The van der Waals surface area contributed by atoms with Gasteiger partial charge in [0.25, 0.3) is 10.0 Å². The van der Waals surface area contributed by atoms with Crippen LogP contribution in [0.4, 0.5) is 23.4 Å². The van der Waals surface area contributed by atoms with Crippen molar-refractivity contribution >= 4 is 32.7 Å². The lowest BCUT2D eigenvalue weighted by molar-refractivity contribution is -0.274. The summed E-state index contributed by atoms with van der Waals surface area (Å²) in [5.41, 5.74) is 0.805. The lowest BCUT2D eigenvalue weighted by Crippen LogP contribution is -2.32. The zero-order valence-electron chi connectivity index (χ0n) is 19.0. The number of sulfonamides is 1. The Morgan fingerprint density at radius 3 is 2.24 bits per heavy atom. The molecule has 37 heavy (non-hydrogen) atoms. The Kier molecular flexibility index (Phi) is 6.78. The zero-order valence-corrected chi connectivity index (χ0v) is 19.8. The molecule has 0 saturated carbocycles. The number of hydrogen-bond donors (Lipinski definition) is 1. The van der Waals surface area contributed by atoms with Crippen LogP contribution in [0.3, 0.4) is 0 Å². The fourth-order valence-electron chi connectivity index (χ4n) is 3.62. The van der Waals surface area contributed by atoms with Gasteiger partial charge in [-0.3, -0.25) is 0 Å². The van der Waals surface area contributed by atoms with Crippen molar-refractivity contribution in [1.82, 2.24) is 4.98 Å². The highest BCUT2D eigenvalue weighted by Crippen LogP contribution is 2.31. The van der Waals surface area contributed by atoms with E-state index in [1.165, 1.54) is 24.3 Å². The van der Waals surface area contributed by atoms with Crippen LogP contribution in [-0.4, -0.2) is 30.8 Å². The molecule has 3 aromatic carbocycles. The average molecular weight is 534 g/mol. The Morgan fingerprint density at radius 1 is 1.00 bits per heavy atom. The van der Waals surface area contributed by atoms with Crippen molar-refractivity contribution in [2.75, 3.05) is 4.31 Å². The average Bonchev–Trinajstić information content (AvgIpc) is 2.82. The molecule has 0 saturated heterocycles. The summed E-state index contributed by atoms with van der Waals surface area (Å²) < 4.78 is 83.6. The molecule has 4 rings (SSSR count). The maximum Gasteiger partial charge on any atom is 0.573 e. The standard InChI is InChI=1S/C25H18F4N2O5S/c1-15-12-18-4-7-19(26)13-22(18)30-23(15)31(14-16-2-8-20(9-3-16)36-25(27,28)29)37(34,35)21-10-5-17(6-11-21)24(32)33/h2-13H,14H2,1H3,(H,32,33). The van der Waals surface area contributed by atoms with Gasteiger partial charge in [0.05, 0.1) is 22.5 Å². The van der Waals surface area contributed by atoms with E-state index in [9.17, 15) is 30.8 Å². The van der Waals surface area contributed by atoms with Crippen LogP contribution in [0.2, 0.25) is 0 Å². The Labute approximate surface area is 208 Å². The van der Waals surface area contributed by atoms with Gasteiger partial charge < -0.3 is 9.84 Å². The third-order valence-corrected chi connectivity index (χ3v) is 7.10. The molecule has 0 bridgehead atoms. The van der Waals surface area contributed by atoms with E-state index in [0.717, 1.165) is 46.8 Å². The third-order valence-electron chi connectivity index (χ3n) is 5.35. The van der Waals surface area contributed by atoms with E-state index >= 15 is 0 Å². The van der Waals surface area contributed by atoms with Gasteiger partial charge in [0.1, 0.15) is 17.4 Å². The van der Waals surface area contributed by atoms with Crippen LogP contribution in [0, 0.1) is 12.7 Å². The quantitative estimate of drug-likeness (QED) is 0.307. The Hall–Kier alpha value is -4.19. The number of pyridine rings is 1. The number of nitrogens with zero attached hydrogens (tertiary/aromatic N) is 2. The number of carbonyl (C=O) groups is 1. The summed E-state index contributed by atoms with van der Waals surface area (Å²) in [6.45, 7) is 1.27. The number of anilines is 1. The fraction of sp³-hybridized carbons (Fsp3) is 0.120. The molecule has 7 nitrogen and oxygen atoms in total. The Balaban J connectivity index is 1.81. The number of rotatable bonds is 7. The fourth-order valence-corrected chi connectivity index (χ4v) is 5.09. The van der Waals surface area contributed by atoms with Crippen molar-refractivity contribution in [3.8, 4) is 5.75 Å². The van der Waals surface area contributed by atoms with Gasteiger partial charge in [-0.1, -0.05) is 12.1 Å². The van der Waals surface area contributed by atoms with Gasteiger partial charge in [-0.25, -0.2) is 26.9 Å². The first-order valence-corrected chi connectivity index (χ1v) is 12.1. The van der Waals surface area contributed by atoms with E-state index < -0.39 is 33.9 Å². The first-order valence-electron chi connectivity index (χ1n) is 10.6. The molecule has 1 heterocycles. The minimum atomic E-state index is -4.89. The molecule has 4 aromatic rings. The lowest BCUT2D eigenvalue weighted by atomic mass is 10.1. The molecule has 0 spiro atoms. The molecule has 0 aliphatic rings. The van der Waals surface area contributed by atoms with Gasteiger partial charge >= 0.3 is 12.3 Å². The summed E-state index contributed by atoms with van der Waals surface area (Å²) in [6, 6.07) is 14.7. The Bertz CT molecular complexity index is 1570. The van der Waals surface area contributed by atoms with E-state index in [4.69, 9.17) is 5.11 Å². The van der Waals surface area contributed by atoms with Crippen molar-refractivity contribution in [2.24, 2.45) is 0 Å². The number of aryl methyl sites for hydroxylation is 1. The van der Waals surface area contributed by atoms with Crippen LogP contribution in [0.15, 0.2) is 77.7 Å². The van der Waals surface area contributed by atoms with Crippen molar-refractivity contribution in [3.05, 3.63) is 95.3 Å². The molecule has 1 N–H and O–H groups in total. The summed E-state index contributed by atoms with van der Waals surface area (Å²) in [5.74, 6) is -2.33.